The molecule has 1 aromatic carbocycles. The van der Waals surface area contributed by atoms with Crippen LogP contribution in [0.2, 0.25) is 0 Å². The molecule has 1 fully saturated rings. The molecule has 0 aliphatic carbocycles. The number of methoxy groups -OCH3 is 2. The zero-order chi connectivity index (χ0) is 22.0. The van der Waals surface area contributed by atoms with Gasteiger partial charge in [-0.25, -0.2) is 14.8 Å². The number of hydrogen-bond acceptors (Lipinski definition) is 5. The highest BCUT2D eigenvalue weighted by atomic mass is 16.5. The van der Waals surface area contributed by atoms with Crippen LogP contribution in [-0.4, -0.2) is 52.8 Å². The van der Waals surface area contributed by atoms with E-state index in [0.717, 1.165) is 36.4 Å². The third kappa shape index (κ3) is 4.28. The first-order valence-corrected chi connectivity index (χ1v) is 10.6. The van der Waals surface area contributed by atoms with Gasteiger partial charge in [-0.15, -0.1) is 0 Å². The van der Waals surface area contributed by atoms with Gasteiger partial charge in [-0.3, -0.25) is 0 Å². The molecule has 1 atom stereocenters. The maximum absolute atomic E-state index is 12.8. The van der Waals surface area contributed by atoms with Gasteiger partial charge >= 0.3 is 6.03 Å². The SMILES string of the molecule is COc1ccc(NC(=O)N2CC[C@H](Cc3nc4cccnc4n3C(C)C)C2)c(OC)c1. The minimum absolute atomic E-state index is 0.120. The lowest BCUT2D eigenvalue weighted by molar-refractivity contribution is 0.220. The van der Waals surface area contributed by atoms with Crippen molar-refractivity contribution < 1.29 is 14.3 Å². The minimum atomic E-state index is -0.120. The standard InChI is InChI=1S/C23H29N5O3/c1-15(2)28-21(25-19-6-5-10-24-22(19)28)12-16-9-11-27(14-16)23(29)26-18-8-7-17(30-3)13-20(18)31-4/h5-8,10,13,15-16H,9,11-12,14H2,1-4H3,(H,26,29)/t16-/m1/s1. The molecule has 3 aromatic rings. The van der Waals surface area contributed by atoms with E-state index in [0.29, 0.717) is 29.6 Å². The summed E-state index contributed by atoms with van der Waals surface area (Å²) >= 11 is 0. The number of carbonyl (C=O) groups excluding carboxylic acids is 1. The Kier molecular flexibility index (Phi) is 5.97. The van der Waals surface area contributed by atoms with Crippen LogP contribution in [0.5, 0.6) is 11.5 Å². The number of benzene rings is 1. The zero-order valence-corrected chi connectivity index (χ0v) is 18.5. The van der Waals surface area contributed by atoms with Crippen LogP contribution in [-0.2, 0) is 6.42 Å². The predicted octanol–water partition coefficient (Wildman–Crippen LogP) is 4.13. The number of urea groups is 1. The minimum Gasteiger partial charge on any atom is -0.497 e. The Morgan fingerprint density at radius 1 is 1.26 bits per heavy atom. The van der Waals surface area contributed by atoms with Crippen LogP contribution >= 0.6 is 0 Å². The highest BCUT2D eigenvalue weighted by Crippen LogP contribution is 2.30. The van der Waals surface area contributed by atoms with E-state index < -0.39 is 0 Å². The van der Waals surface area contributed by atoms with E-state index >= 15 is 0 Å². The van der Waals surface area contributed by atoms with Gasteiger partial charge in [0.1, 0.15) is 22.8 Å². The summed E-state index contributed by atoms with van der Waals surface area (Å²) in [5.74, 6) is 2.64. The van der Waals surface area contributed by atoms with E-state index in [1.807, 2.05) is 23.2 Å². The van der Waals surface area contributed by atoms with Gasteiger partial charge in [0, 0.05) is 37.8 Å². The highest BCUT2D eigenvalue weighted by Gasteiger charge is 2.29. The number of pyridine rings is 1. The Labute approximate surface area is 182 Å². The normalized spacial score (nSPS) is 16.2. The summed E-state index contributed by atoms with van der Waals surface area (Å²) < 4.78 is 12.8. The van der Waals surface area contributed by atoms with E-state index in [2.05, 4.69) is 28.7 Å². The fourth-order valence-electron chi connectivity index (χ4n) is 4.20. The second kappa shape index (κ2) is 8.83. The molecule has 31 heavy (non-hydrogen) atoms. The van der Waals surface area contributed by atoms with E-state index in [1.165, 1.54) is 0 Å². The smallest absolute Gasteiger partial charge is 0.321 e. The summed E-state index contributed by atoms with van der Waals surface area (Å²) in [6.07, 6.45) is 3.58. The number of nitrogens with zero attached hydrogens (tertiary/aromatic N) is 4. The zero-order valence-electron chi connectivity index (χ0n) is 18.5. The average Bonchev–Trinajstić information content (AvgIpc) is 3.38. The lowest BCUT2D eigenvalue weighted by Gasteiger charge is -2.19. The third-order valence-corrected chi connectivity index (χ3v) is 5.73. The molecule has 1 N–H and O–H groups in total. The largest absolute Gasteiger partial charge is 0.497 e. The van der Waals surface area contributed by atoms with Gasteiger partial charge in [-0.05, 0) is 50.5 Å². The fraction of sp³-hybridized carbons (Fsp3) is 0.435. The lowest BCUT2D eigenvalue weighted by atomic mass is 10.0. The van der Waals surface area contributed by atoms with E-state index in [1.54, 1.807) is 32.4 Å². The Balaban J connectivity index is 1.44. The van der Waals surface area contributed by atoms with E-state index in [9.17, 15) is 4.79 Å². The van der Waals surface area contributed by atoms with Crippen LogP contribution < -0.4 is 14.8 Å². The Morgan fingerprint density at radius 3 is 2.84 bits per heavy atom. The fourth-order valence-corrected chi connectivity index (χ4v) is 4.20. The molecule has 4 rings (SSSR count). The van der Waals surface area contributed by atoms with Crippen LogP contribution in [0.1, 0.15) is 32.1 Å². The molecule has 8 nitrogen and oxygen atoms in total. The number of likely N-dealkylation sites (tertiary alicyclic amines) is 1. The van der Waals surface area contributed by atoms with Gasteiger partial charge in [-0.1, -0.05) is 0 Å². The number of hydrogen-bond donors (Lipinski definition) is 1. The quantitative estimate of drug-likeness (QED) is 0.645. The number of carbonyl (C=O) groups is 1. The molecule has 1 aliphatic heterocycles. The van der Waals surface area contributed by atoms with Gasteiger partial charge in [0.2, 0.25) is 0 Å². The lowest BCUT2D eigenvalue weighted by Crippen LogP contribution is -2.33. The number of ether oxygens (including phenoxy) is 2. The van der Waals surface area contributed by atoms with Gasteiger partial charge in [0.05, 0.1) is 19.9 Å². The maximum atomic E-state index is 12.8. The summed E-state index contributed by atoms with van der Waals surface area (Å²) in [6.45, 7) is 5.71. The number of nitrogens with one attached hydrogen (secondary N) is 1. The van der Waals surface area contributed by atoms with Gasteiger partial charge < -0.3 is 24.3 Å². The molecule has 0 bridgehead atoms. The van der Waals surface area contributed by atoms with Crippen LogP contribution in [0, 0.1) is 5.92 Å². The molecular formula is C23H29N5O3. The van der Waals surface area contributed by atoms with Crippen molar-refractivity contribution in [3.63, 3.8) is 0 Å². The first kappa shape index (κ1) is 21.0. The average molecular weight is 424 g/mol. The number of anilines is 1. The second-order valence-corrected chi connectivity index (χ2v) is 8.14. The van der Waals surface area contributed by atoms with Crippen molar-refractivity contribution in [2.45, 2.75) is 32.7 Å². The topological polar surface area (TPSA) is 81.5 Å². The molecule has 0 spiro atoms. The van der Waals surface area contributed by atoms with Crippen LogP contribution in [0.25, 0.3) is 11.2 Å². The van der Waals surface area contributed by atoms with Crippen molar-refractivity contribution in [2.75, 3.05) is 32.6 Å². The summed E-state index contributed by atoms with van der Waals surface area (Å²) in [7, 11) is 3.17. The van der Waals surface area contributed by atoms with Crippen molar-refractivity contribution in [2.24, 2.45) is 5.92 Å². The maximum Gasteiger partial charge on any atom is 0.321 e. The first-order chi connectivity index (χ1) is 15.0. The summed E-state index contributed by atoms with van der Waals surface area (Å²) in [5, 5.41) is 2.97. The molecule has 2 aromatic heterocycles. The van der Waals surface area contributed by atoms with Gasteiger partial charge in [0.25, 0.3) is 0 Å². The first-order valence-electron chi connectivity index (χ1n) is 10.6. The molecule has 0 radical (unpaired) electrons. The summed E-state index contributed by atoms with van der Waals surface area (Å²) in [6, 6.07) is 9.42. The summed E-state index contributed by atoms with van der Waals surface area (Å²) in [4.78, 5) is 24.1. The van der Waals surface area contributed by atoms with Crippen LogP contribution in [0.15, 0.2) is 36.5 Å². The molecule has 2 amide bonds. The third-order valence-electron chi connectivity index (χ3n) is 5.73. The van der Waals surface area contributed by atoms with Crippen molar-refractivity contribution in [1.29, 1.82) is 0 Å². The Hall–Kier alpha value is -3.29. The number of imidazole rings is 1. The molecule has 0 saturated carbocycles. The predicted molar refractivity (Wildman–Crippen MR) is 120 cm³/mol. The molecule has 164 valence electrons. The van der Waals surface area contributed by atoms with E-state index in [4.69, 9.17) is 14.5 Å². The molecule has 0 unspecified atom stereocenters. The Morgan fingerprint density at radius 2 is 2.10 bits per heavy atom. The van der Waals surface area contributed by atoms with Crippen molar-refractivity contribution in [3.05, 3.63) is 42.4 Å². The number of fused-ring (bicyclic) bond motifs is 1. The van der Waals surface area contributed by atoms with Crippen molar-refractivity contribution in [3.8, 4) is 11.5 Å². The Bertz CT molecular complexity index is 1080. The highest BCUT2D eigenvalue weighted by molar-refractivity contribution is 5.91. The molecule has 8 heteroatoms. The number of rotatable bonds is 6. The van der Waals surface area contributed by atoms with E-state index in [-0.39, 0.29) is 12.1 Å². The van der Waals surface area contributed by atoms with Gasteiger partial charge in [0.15, 0.2) is 5.65 Å². The molecule has 3 heterocycles. The van der Waals surface area contributed by atoms with Crippen LogP contribution in [0.4, 0.5) is 10.5 Å². The van der Waals surface area contributed by atoms with Gasteiger partial charge in [-0.2, -0.15) is 0 Å². The van der Waals surface area contributed by atoms with Crippen molar-refractivity contribution >= 4 is 22.9 Å². The van der Waals surface area contributed by atoms with Crippen molar-refractivity contribution in [1.82, 2.24) is 19.4 Å². The molecule has 1 saturated heterocycles. The monoisotopic (exact) mass is 423 g/mol. The summed E-state index contributed by atoms with van der Waals surface area (Å²) in [5.41, 5.74) is 2.47. The molecular weight excluding hydrogens is 394 g/mol. The van der Waals surface area contributed by atoms with Crippen LogP contribution in [0.3, 0.4) is 0 Å². The second-order valence-electron chi connectivity index (χ2n) is 8.14. The molecule has 1 aliphatic rings. The number of amides is 2. The number of aromatic nitrogens is 3.